The molecule has 5 rings (SSSR count). The molecule has 5 aromatic rings. The number of amides is 2. The maximum atomic E-state index is 13.1. The number of nitrogens with two attached hydrogens (primary N) is 1. The zero-order valence-electron chi connectivity index (χ0n) is 22.9. The molecule has 2 amide bonds. The summed E-state index contributed by atoms with van der Waals surface area (Å²) >= 11 is 0. The zero-order valence-corrected chi connectivity index (χ0v) is 22.9. The smallest absolute Gasteiger partial charge is 0.253 e. The van der Waals surface area contributed by atoms with Crippen molar-refractivity contribution in [3.8, 4) is 5.88 Å². The Morgan fingerprint density at radius 1 is 0.951 bits per heavy atom. The number of nitrogens with one attached hydrogen (secondary N) is 3. The lowest BCUT2D eigenvalue weighted by Crippen LogP contribution is -2.42. The number of nitrogens with zero attached hydrogens (tertiary/aromatic N) is 2. The molecule has 0 aliphatic carbocycles. The molecule has 2 aromatic heterocycles. The summed E-state index contributed by atoms with van der Waals surface area (Å²) in [5.41, 5.74) is 11.1. The van der Waals surface area contributed by atoms with Crippen molar-refractivity contribution in [2.75, 3.05) is 23.5 Å². The van der Waals surface area contributed by atoms with Crippen LogP contribution in [0.25, 0.3) is 21.8 Å². The Kier molecular flexibility index (Phi) is 7.66. The average Bonchev–Trinajstić information content (AvgIpc) is 2.97. The van der Waals surface area contributed by atoms with Crippen molar-refractivity contribution >= 4 is 56.4 Å². The summed E-state index contributed by atoms with van der Waals surface area (Å²) in [5.74, 6) is -0.702. The Bertz CT molecular complexity index is 1730. The number of aromatic nitrogens is 2. The molecule has 0 saturated heterocycles. The molecule has 0 aliphatic rings. The van der Waals surface area contributed by atoms with E-state index in [4.69, 9.17) is 15.5 Å². The summed E-state index contributed by atoms with van der Waals surface area (Å²) in [5, 5.41) is 20.8. The number of fused-ring (bicyclic) bond motifs is 2. The number of hydrogen-bond acceptors (Lipinski definition) is 8. The van der Waals surface area contributed by atoms with Crippen LogP contribution in [0.3, 0.4) is 0 Å². The lowest BCUT2D eigenvalue weighted by Gasteiger charge is -2.18. The Hall–Kier alpha value is -5.22. The highest BCUT2D eigenvalue weighted by molar-refractivity contribution is 6.09. The molecule has 0 fully saturated rings. The molecule has 0 radical (unpaired) electrons. The van der Waals surface area contributed by atoms with Crippen LogP contribution in [0, 0.1) is 6.92 Å². The molecule has 10 nitrogen and oxygen atoms in total. The van der Waals surface area contributed by atoms with Crippen LogP contribution in [0.15, 0.2) is 72.8 Å². The van der Waals surface area contributed by atoms with Gasteiger partial charge in [-0.25, -0.2) is 9.97 Å². The molecule has 3 aromatic carbocycles. The first kappa shape index (κ1) is 27.4. The predicted octanol–water partition coefficient (Wildman–Crippen LogP) is 4.68. The second-order valence-electron chi connectivity index (χ2n) is 9.63. The van der Waals surface area contributed by atoms with E-state index in [1.807, 2.05) is 54.6 Å². The minimum absolute atomic E-state index is 0.218. The molecule has 41 heavy (non-hydrogen) atoms. The first-order valence-corrected chi connectivity index (χ1v) is 13.0. The van der Waals surface area contributed by atoms with Crippen LogP contribution >= 0.6 is 0 Å². The number of methoxy groups -OCH3 is 1. The van der Waals surface area contributed by atoms with E-state index in [9.17, 15) is 14.7 Å². The number of hydrogen-bond donors (Lipinski definition) is 5. The molecule has 208 valence electrons. The fraction of sp³-hybridized carbons (Fsp3) is 0.161. The van der Waals surface area contributed by atoms with Crippen LogP contribution in [0.1, 0.15) is 28.5 Å². The molecule has 10 heteroatoms. The van der Waals surface area contributed by atoms with E-state index in [1.165, 1.54) is 13.2 Å². The summed E-state index contributed by atoms with van der Waals surface area (Å²) in [6, 6.07) is 21.5. The molecule has 6 N–H and O–H groups in total. The van der Waals surface area contributed by atoms with Gasteiger partial charge in [-0.1, -0.05) is 36.4 Å². The van der Waals surface area contributed by atoms with Gasteiger partial charge in [-0.05, 0) is 55.8 Å². The van der Waals surface area contributed by atoms with Gasteiger partial charge in [0.1, 0.15) is 6.04 Å². The number of carbonyl (C=O) groups excluding carboxylic acids is 2. The average molecular weight is 551 g/mol. The van der Waals surface area contributed by atoms with Crippen molar-refractivity contribution < 1.29 is 19.4 Å². The standard InChI is InChI=1S/C31H30N6O4/c1-17-24(15-25(32)31(34-17)41-3)30(40)33-18(2)29(39)36-21-13-19(16-38)12-20(14-21)35-28-22-8-4-6-10-26(22)37-27-11-7-5-9-23(27)28/h4-15,18,38H,16,32H2,1-3H3,(H,33,40)(H,35,37)(H,36,39). The van der Waals surface area contributed by atoms with Gasteiger partial charge in [-0.3, -0.25) is 9.59 Å². The first-order valence-electron chi connectivity index (χ1n) is 13.0. The van der Waals surface area contributed by atoms with Crippen LogP contribution < -0.4 is 26.4 Å². The predicted molar refractivity (Wildman–Crippen MR) is 160 cm³/mol. The highest BCUT2D eigenvalue weighted by Crippen LogP contribution is 2.34. The van der Waals surface area contributed by atoms with Gasteiger partial charge in [0.2, 0.25) is 11.8 Å². The molecule has 2 heterocycles. The molecule has 1 atom stereocenters. The summed E-state index contributed by atoms with van der Waals surface area (Å²) in [6.45, 7) is 3.01. The van der Waals surface area contributed by atoms with Crippen LogP contribution in [0.2, 0.25) is 0 Å². The molecule has 0 bridgehead atoms. The largest absolute Gasteiger partial charge is 0.480 e. The van der Waals surface area contributed by atoms with Gasteiger partial charge >= 0.3 is 0 Å². The van der Waals surface area contributed by atoms with Crippen molar-refractivity contribution in [2.45, 2.75) is 26.5 Å². The quantitative estimate of drug-likeness (QED) is 0.175. The van der Waals surface area contributed by atoms with Gasteiger partial charge in [0.15, 0.2) is 0 Å². The fourth-order valence-electron chi connectivity index (χ4n) is 4.63. The van der Waals surface area contributed by atoms with Gasteiger partial charge in [0, 0.05) is 22.1 Å². The number of aliphatic hydroxyl groups excluding tert-OH is 1. The maximum absolute atomic E-state index is 13.1. The number of anilines is 4. The molecule has 0 saturated carbocycles. The molecular weight excluding hydrogens is 520 g/mol. The van der Waals surface area contributed by atoms with Crippen LogP contribution in [0.4, 0.5) is 22.7 Å². The van der Waals surface area contributed by atoms with Gasteiger partial charge in [0.25, 0.3) is 5.91 Å². The number of aryl methyl sites for hydroxylation is 1. The molecule has 0 aliphatic heterocycles. The highest BCUT2D eigenvalue weighted by atomic mass is 16.5. The third-order valence-corrected chi connectivity index (χ3v) is 6.68. The number of ether oxygens (including phenoxy) is 1. The fourth-order valence-corrected chi connectivity index (χ4v) is 4.63. The Morgan fingerprint density at radius 2 is 1.59 bits per heavy atom. The van der Waals surface area contributed by atoms with Gasteiger partial charge in [0.05, 0.1) is 47.4 Å². The minimum Gasteiger partial charge on any atom is -0.480 e. The number of rotatable bonds is 8. The SMILES string of the molecule is COc1nc(C)c(C(=O)NC(C)C(=O)Nc2cc(CO)cc(Nc3c4ccccc4nc4ccccc34)c2)cc1N. The van der Waals surface area contributed by atoms with Crippen LogP contribution in [0.5, 0.6) is 5.88 Å². The number of aliphatic hydroxyl groups is 1. The van der Waals surface area contributed by atoms with Gasteiger partial charge in [-0.15, -0.1) is 0 Å². The van der Waals surface area contributed by atoms with Crippen molar-refractivity contribution in [1.82, 2.24) is 15.3 Å². The molecular formula is C31H30N6O4. The third-order valence-electron chi connectivity index (χ3n) is 6.68. The Balaban J connectivity index is 1.38. The van der Waals surface area contributed by atoms with Crippen LogP contribution in [-0.2, 0) is 11.4 Å². The van der Waals surface area contributed by atoms with E-state index in [1.54, 1.807) is 26.0 Å². The topological polar surface area (TPSA) is 151 Å². The number of benzene rings is 3. The second kappa shape index (κ2) is 11.5. The maximum Gasteiger partial charge on any atom is 0.253 e. The zero-order chi connectivity index (χ0) is 29.1. The highest BCUT2D eigenvalue weighted by Gasteiger charge is 2.20. The number of carbonyl (C=O) groups is 2. The van der Waals surface area contributed by atoms with Crippen molar-refractivity contribution in [3.63, 3.8) is 0 Å². The number of nitrogen functional groups attached to an aromatic ring is 1. The van der Waals surface area contributed by atoms with Gasteiger partial charge in [-0.2, -0.15) is 0 Å². The van der Waals surface area contributed by atoms with E-state index in [0.29, 0.717) is 22.6 Å². The lowest BCUT2D eigenvalue weighted by molar-refractivity contribution is -0.117. The van der Waals surface area contributed by atoms with Crippen molar-refractivity contribution in [1.29, 1.82) is 0 Å². The normalized spacial score (nSPS) is 11.7. The first-order chi connectivity index (χ1) is 19.8. The van der Waals surface area contributed by atoms with E-state index in [0.717, 1.165) is 27.5 Å². The lowest BCUT2D eigenvalue weighted by atomic mass is 10.1. The second-order valence-corrected chi connectivity index (χ2v) is 9.63. The summed E-state index contributed by atoms with van der Waals surface area (Å²) in [6.07, 6.45) is 0. The summed E-state index contributed by atoms with van der Waals surface area (Å²) < 4.78 is 5.10. The minimum atomic E-state index is -0.882. The molecule has 1 unspecified atom stereocenters. The number of para-hydroxylation sites is 2. The van der Waals surface area contributed by atoms with Crippen molar-refractivity contribution in [2.24, 2.45) is 0 Å². The van der Waals surface area contributed by atoms with E-state index in [2.05, 4.69) is 20.9 Å². The summed E-state index contributed by atoms with van der Waals surface area (Å²) in [7, 11) is 1.44. The Morgan fingerprint density at radius 3 is 2.22 bits per heavy atom. The van der Waals surface area contributed by atoms with Crippen LogP contribution in [-0.4, -0.2) is 40.0 Å². The van der Waals surface area contributed by atoms with E-state index >= 15 is 0 Å². The van der Waals surface area contributed by atoms with E-state index in [-0.39, 0.29) is 23.7 Å². The van der Waals surface area contributed by atoms with Gasteiger partial charge < -0.3 is 31.5 Å². The molecule has 0 spiro atoms. The monoisotopic (exact) mass is 550 g/mol. The summed E-state index contributed by atoms with van der Waals surface area (Å²) in [4.78, 5) is 34.9. The van der Waals surface area contributed by atoms with E-state index < -0.39 is 17.9 Å². The van der Waals surface area contributed by atoms with Crippen molar-refractivity contribution in [3.05, 3.63) is 89.6 Å². The Labute approximate surface area is 236 Å². The third kappa shape index (κ3) is 5.73. The number of pyridine rings is 2.